The molecule has 2 aliphatic rings. The van der Waals surface area contributed by atoms with Crippen LogP contribution in [0.3, 0.4) is 0 Å². The largest absolute Gasteiger partial charge is 0.381 e. The van der Waals surface area contributed by atoms with Gasteiger partial charge in [0.2, 0.25) is 0 Å². The second kappa shape index (κ2) is 2.26. The zero-order chi connectivity index (χ0) is 8.06. The van der Waals surface area contributed by atoms with Crippen LogP contribution in [0.1, 0.15) is 33.1 Å². The summed E-state index contributed by atoms with van der Waals surface area (Å²) in [4.78, 5) is 0. The topological polar surface area (TPSA) is 9.23 Å². The molecular formula is C9H15BO. The van der Waals surface area contributed by atoms with Crippen molar-refractivity contribution in [3.8, 4) is 0 Å². The number of rotatable bonds is 1. The number of ether oxygens (including phenoxy) is 1. The van der Waals surface area contributed by atoms with Gasteiger partial charge >= 0.3 is 0 Å². The minimum atomic E-state index is 0.0266. The maximum absolute atomic E-state index is 5.85. The molecule has 0 amide bonds. The van der Waals surface area contributed by atoms with E-state index in [1.807, 2.05) is 0 Å². The first kappa shape index (κ1) is 7.66. The lowest BCUT2D eigenvalue weighted by molar-refractivity contribution is -0.0489. The summed E-state index contributed by atoms with van der Waals surface area (Å²) in [6.07, 6.45) is 3.62. The molecule has 2 fully saturated rings. The van der Waals surface area contributed by atoms with Gasteiger partial charge < -0.3 is 4.74 Å². The summed E-state index contributed by atoms with van der Waals surface area (Å²) in [5.74, 6) is 1.32. The van der Waals surface area contributed by atoms with Gasteiger partial charge in [-0.05, 0) is 31.1 Å². The van der Waals surface area contributed by atoms with Gasteiger partial charge in [-0.1, -0.05) is 13.8 Å². The van der Waals surface area contributed by atoms with E-state index in [2.05, 4.69) is 13.8 Å². The van der Waals surface area contributed by atoms with Gasteiger partial charge in [0.15, 0.2) is 0 Å². The average molecular weight is 150 g/mol. The standard InChI is InChI=1S/C9H15BO/c1-3-9-5-4-7(6(9)2)8(10)11-9/h6-8H,3-5H2,1-2H3/t6-,7?,8+,9+/m0/s1. The molecule has 2 radical (unpaired) electrons. The van der Waals surface area contributed by atoms with Crippen molar-refractivity contribution in [2.75, 3.05) is 0 Å². The van der Waals surface area contributed by atoms with E-state index in [1.54, 1.807) is 0 Å². The van der Waals surface area contributed by atoms with Crippen LogP contribution < -0.4 is 0 Å². The Morgan fingerprint density at radius 1 is 1.64 bits per heavy atom. The van der Waals surface area contributed by atoms with Crippen molar-refractivity contribution in [2.24, 2.45) is 11.8 Å². The fourth-order valence-corrected chi connectivity index (χ4v) is 2.83. The third-order valence-corrected chi connectivity index (χ3v) is 3.76. The van der Waals surface area contributed by atoms with Gasteiger partial charge in [0.05, 0.1) is 5.60 Å². The van der Waals surface area contributed by atoms with Crippen LogP contribution in [0.25, 0.3) is 0 Å². The van der Waals surface area contributed by atoms with Gasteiger partial charge in [-0.15, -0.1) is 0 Å². The predicted molar refractivity (Wildman–Crippen MR) is 45.5 cm³/mol. The van der Waals surface area contributed by atoms with Crippen molar-refractivity contribution in [1.29, 1.82) is 0 Å². The second-order valence-electron chi connectivity index (χ2n) is 3.99. The SMILES string of the molecule is [B][C@@H]1O[C@]2(CC)CCC1[C@@H]2C. The fourth-order valence-electron chi connectivity index (χ4n) is 2.83. The lowest BCUT2D eigenvalue weighted by atomic mass is 9.81. The summed E-state index contributed by atoms with van der Waals surface area (Å²) in [5.41, 5.74) is 0.157. The molecule has 2 bridgehead atoms. The lowest BCUT2D eigenvalue weighted by Gasteiger charge is -2.30. The lowest BCUT2D eigenvalue weighted by Crippen LogP contribution is -2.32. The van der Waals surface area contributed by atoms with Crippen LogP contribution in [-0.2, 0) is 4.74 Å². The molecule has 0 N–H and O–H groups in total. The third kappa shape index (κ3) is 0.822. The Hall–Kier alpha value is 0.0249. The maximum atomic E-state index is 5.85. The van der Waals surface area contributed by atoms with Crippen LogP contribution in [-0.4, -0.2) is 19.5 Å². The summed E-state index contributed by atoms with van der Waals surface area (Å²) >= 11 is 0. The fraction of sp³-hybridized carbons (Fsp3) is 1.00. The van der Waals surface area contributed by atoms with Crippen LogP contribution in [0, 0.1) is 11.8 Å². The average Bonchev–Trinajstić information content (AvgIpc) is 2.42. The summed E-state index contributed by atoms with van der Waals surface area (Å²) in [6, 6.07) is 0.0266. The Kier molecular flexibility index (Phi) is 1.57. The van der Waals surface area contributed by atoms with E-state index in [4.69, 9.17) is 12.6 Å². The first-order valence-electron chi connectivity index (χ1n) is 4.63. The van der Waals surface area contributed by atoms with Crippen molar-refractivity contribution in [1.82, 2.24) is 0 Å². The molecule has 0 aromatic rings. The zero-order valence-electron chi connectivity index (χ0n) is 7.34. The van der Waals surface area contributed by atoms with E-state index < -0.39 is 0 Å². The first-order chi connectivity index (χ1) is 5.19. The van der Waals surface area contributed by atoms with Gasteiger partial charge in [0, 0.05) is 6.00 Å². The molecule has 0 spiro atoms. The molecule has 0 aromatic carbocycles. The Morgan fingerprint density at radius 2 is 2.36 bits per heavy atom. The van der Waals surface area contributed by atoms with Gasteiger partial charge in [-0.3, -0.25) is 0 Å². The second-order valence-corrected chi connectivity index (χ2v) is 3.99. The Morgan fingerprint density at radius 3 is 2.64 bits per heavy atom. The minimum Gasteiger partial charge on any atom is -0.381 e. The normalized spacial score (nSPS) is 55.3. The molecule has 1 aliphatic heterocycles. The van der Waals surface area contributed by atoms with E-state index in [0.29, 0.717) is 11.8 Å². The number of hydrogen-bond donors (Lipinski definition) is 0. The summed E-state index contributed by atoms with van der Waals surface area (Å²) in [6.45, 7) is 4.49. The molecule has 1 aliphatic carbocycles. The van der Waals surface area contributed by atoms with Gasteiger partial charge in [-0.25, -0.2) is 0 Å². The number of fused-ring (bicyclic) bond motifs is 2. The van der Waals surface area contributed by atoms with Gasteiger partial charge in [0.1, 0.15) is 7.85 Å². The summed E-state index contributed by atoms with van der Waals surface area (Å²) < 4.78 is 5.79. The smallest absolute Gasteiger partial charge is 0.109 e. The van der Waals surface area contributed by atoms with Crippen LogP contribution in [0.5, 0.6) is 0 Å². The highest BCUT2D eigenvalue weighted by atomic mass is 16.5. The van der Waals surface area contributed by atoms with Crippen molar-refractivity contribution in [2.45, 2.75) is 44.7 Å². The van der Waals surface area contributed by atoms with E-state index in [9.17, 15) is 0 Å². The first-order valence-corrected chi connectivity index (χ1v) is 4.63. The Balaban J connectivity index is 2.24. The van der Waals surface area contributed by atoms with E-state index in [-0.39, 0.29) is 11.6 Å². The van der Waals surface area contributed by atoms with Gasteiger partial charge in [0.25, 0.3) is 0 Å². The molecule has 11 heavy (non-hydrogen) atoms. The van der Waals surface area contributed by atoms with Crippen LogP contribution in [0.4, 0.5) is 0 Å². The highest BCUT2D eigenvalue weighted by Crippen LogP contribution is 2.53. The van der Waals surface area contributed by atoms with Crippen LogP contribution in [0.15, 0.2) is 0 Å². The van der Waals surface area contributed by atoms with Crippen LogP contribution in [0.2, 0.25) is 0 Å². The highest BCUT2D eigenvalue weighted by molar-refractivity contribution is 6.11. The van der Waals surface area contributed by atoms with E-state index >= 15 is 0 Å². The van der Waals surface area contributed by atoms with Crippen molar-refractivity contribution in [3.63, 3.8) is 0 Å². The molecular weight excluding hydrogens is 135 g/mol. The number of hydrogen-bond acceptors (Lipinski definition) is 1. The maximum Gasteiger partial charge on any atom is 0.109 e. The van der Waals surface area contributed by atoms with Crippen molar-refractivity contribution < 1.29 is 4.74 Å². The predicted octanol–water partition coefficient (Wildman–Crippen LogP) is 1.71. The molecule has 1 heterocycles. The van der Waals surface area contributed by atoms with Crippen molar-refractivity contribution in [3.05, 3.63) is 0 Å². The molecule has 1 nitrogen and oxygen atoms in total. The molecule has 1 saturated carbocycles. The molecule has 4 atom stereocenters. The third-order valence-electron chi connectivity index (χ3n) is 3.76. The highest BCUT2D eigenvalue weighted by Gasteiger charge is 2.54. The monoisotopic (exact) mass is 150 g/mol. The minimum absolute atomic E-state index is 0.0266. The van der Waals surface area contributed by atoms with E-state index in [0.717, 1.165) is 6.42 Å². The molecule has 1 unspecified atom stereocenters. The van der Waals surface area contributed by atoms with Crippen molar-refractivity contribution >= 4 is 7.85 Å². The van der Waals surface area contributed by atoms with Gasteiger partial charge in [-0.2, -0.15) is 0 Å². The molecule has 0 aromatic heterocycles. The Labute approximate surface area is 69.9 Å². The summed E-state index contributed by atoms with van der Waals surface area (Å²) in [5, 5.41) is 0. The van der Waals surface area contributed by atoms with E-state index in [1.165, 1.54) is 12.8 Å². The quantitative estimate of drug-likeness (QED) is 0.517. The molecule has 60 valence electrons. The zero-order valence-corrected chi connectivity index (χ0v) is 7.34. The molecule has 2 rings (SSSR count). The molecule has 2 heteroatoms. The summed E-state index contributed by atoms with van der Waals surface area (Å²) in [7, 11) is 5.85. The molecule has 1 saturated heterocycles. The van der Waals surface area contributed by atoms with Crippen LogP contribution >= 0.6 is 0 Å². The Bertz CT molecular complexity index is 171.